The molecule has 3 rings (SSSR count). The number of hydrogen-bond donors (Lipinski definition) is 2. The molecule has 1 aromatic carbocycles. The van der Waals surface area contributed by atoms with Crippen LogP contribution in [0.2, 0.25) is 0 Å². The topological polar surface area (TPSA) is 52.6 Å². The summed E-state index contributed by atoms with van der Waals surface area (Å²) in [4.78, 5) is 13.3. The first-order chi connectivity index (χ1) is 10.2. The summed E-state index contributed by atoms with van der Waals surface area (Å²) in [7, 11) is 0. The molecule has 1 heterocycles. The molecule has 1 saturated carbocycles. The fraction of sp³-hybridized carbons (Fsp3) is 0.588. The van der Waals surface area contributed by atoms with E-state index in [1.54, 1.807) is 0 Å². The number of rotatable bonds is 3. The van der Waals surface area contributed by atoms with Crippen molar-refractivity contribution in [3.05, 3.63) is 29.8 Å². The van der Waals surface area contributed by atoms with Gasteiger partial charge in [0.15, 0.2) is 0 Å². The van der Waals surface area contributed by atoms with E-state index in [1.165, 1.54) is 43.4 Å². The highest BCUT2D eigenvalue weighted by Gasteiger charge is 2.29. The van der Waals surface area contributed by atoms with Gasteiger partial charge in [-0.2, -0.15) is 0 Å². The molecule has 2 aliphatic rings. The zero-order valence-corrected chi connectivity index (χ0v) is 12.4. The predicted molar refractivity (Wildman–Crippen MR) is 83.9 cm³/mol. The van der Waals surface area contributed by atoms with Crippen molar-refractivity contribution in [2.24, 2.45) is 5.92 Å². The highest BCUT2D eigenvalue weighted by atomic mass is 16.4. The molecule has 0 aromatic heterocycles. The number of carboxylic acid groups (broad SMARTS) is 1. The van der Waals surface area contributed by atoms with Gasteiger partial charge in [0, 0.05) is 24.8 Å². The van der Waals surface area contributed by atoms with Crippen LogP contribution in [0.5, 0.6) is 0 Å². The number of nitrogens with one attached hydrogen (secondary N) is 1. The van der Waals surface area contributed by atoms with Gasteiger partial charge in [0.05, 0.1) is 0 Å². The molecule has 0 spiro atoms. The number of nitrogens with zero attached hydrogens (tertiary/aromatic N) is 1. The quantitative estimate of drug-likeness (QED) is 0.897. The van der Waals surface area contributed by atoms with Crippen molar-refractivity contribution in [1.29, 1.82) is 0 Å². The second-order valence-corrected chi connectivity index (χ2v) is 6.33. The van der Waals surface area contributed by atoms with E-state index in [4.69, 9.17) is 5.11 Å². The molecule has 1 aromatic rings. The Labute approximate surface area is 126 Å². The summed E-state index contributed by atoms with van der Waals surface area (Å²) in [6, 6.07) is 9.26. The van der Waals surface area contributed by atoms with Crippen LogP contribution in [0.1, 0.15) is 37.7 Å². The van der Waals surface area contributed by atoms with Crippen LogP contribution in [-0.4, -0.2) is 30.3 Å². The van der Waals surface area contributed by atoms with Crippen molar-refractivity contribution in [3.8, 4) is 0 Å². The lowest BCUT2D eigenvalue weighted by Gasteiger charge is -2.42. The SMILES string of the molecule is O=C(O)NCC1Cc2ccccc2N(C2CCCCC2)C1. The summed E-state index contributed by atoms with van der Waals surface area (Å²) in [5.74, 6) is 0.373. The number of benzene rings is 1. The van der Waals surface area contributed by atoms with Crippen molar-refractivity contribution >= 4 is 11.8 Å². The molecular weight excluding hydrogens is 264 g/mol. The molecule has 114 valence electrons. The van der Waals surface area contributed by atoms with Gasteiger partial charge in [0.25, 0.3) is 0 Å². The molecule has 1 aliphatic carbocycles. The van der Waals surface area contributed by atoms with Gasteiger partial charge in [-0.05, 0) is 36.8 Å². The van der Waals surface area contributed by atoms with Gasteiger partial charge >= 0.3 is 6.09 Å². The van der Waals surface area contributed by atoms with E-state index in [9.17, 15) is 4.79 Å². The third-order valence-electron chi connectivity index (χ3n) is 4.82. The lowest BCUT2D eigenvalue weighted by atomic mass is 9.87. The van der Waals surface area contributed by atoms with Crippen LogP contribution >= 0.6 is 0 Å². The third kappa shape index (κ3) is 3.31. The van der Waals surface area contributed by atoms with Crippen molar-refractivity contribution < 1.29 is 9.90 Å². The summed E-state index contributed by atoms with van der Waals surface area (Å²) < 4.78 is 0. The number of carbonyl (C=O) groups is 1. The Hall–Kier alpha value is -1.71. The van der Waals surface area contributed by atoms with Crippen molar-refractivity contribution in [3.63, 3.8) is 0 Å². The van der Waals surface area contributed by atoms with Crippen LogP contribution in [-0.2, 0) is 6.42 Å². The van der Waals surface area contributed by atoms with Gasteiger partial charge in [-0.25, -0.2) is 4.79 Å². The normalized spacial score (nSPS) is 22.7. The first kappa shape index (κ1) is 14.2. The number of anilines is 1. The zero-order valence-electron chi connectivity index (χ0n) is 12.4. The molecule has 1 amide bonds. The van der Waals surface area contributed by atoms with E-state index >= 15 is 0 Å². The lowest BCUT2D eigenvalue weighted by Crippen LogP contribution is -2.46. The molecule has 2 N–H and O–H groups in total. The average molecular weight is 288 g/mol. The minimum absolute atomic E-state index is 0.373. The molecule has 0 saturated heterocycles. The van der Waals surface area contributed by atoms with Gasteiger partial charge in [-0.1, -0.05) is 37.5 Å². The highest BCUT2D eigenvalue weighted by molar-refractivity contribution is 5.64. The molecule has 1 fully saturated rings. The van der Waals surface area contributed by atoms with E-state index in [0.29, 0.717) is 18.5 Å². The minimum atomic E-state index is -0.918. The van der Waals surface area contributed by atoms with E-state index in [0.717, 1.165) is 13.0 Å². The smallest absolute Gasteiger partial charge is 0.404 e. The number of hydrogen-bond acceptors (Lipinski definition) is 2. The summed E-state index contributed by atoms with van der Waals surface area (Å²) in [6.45, 7) is 1.52. The van der Waals surface area contributed by atoms with Crippen LogP contribution in [0, 0.1) is 5.92 Å². The van der Waals surface area contributed by atoms with Crippen LogP contribution in [0.15, 0.2) is 24.3 Å². The van der Waals surface area contributed by atoms with Crippen molar-refractivity contribution in [1.82, 2.24) is 5.32 Å². The molecule has 1 unspecified atom stereocenters. The Morgan fingerprint density at radius 2 is 2.00 bits per heavy atom. The molecule has 0 bridgehead atoms. The Kier molecular flexibility index (Phi) is 4.32. The fourth-order valence-electron chi connectivity index (χ4n) is 3.82. The lowest BCUT2D eigenvalue weighted by molar-refractivity contribution is 0.192. The first-order valence-electron chi connectivity index (χ1n) is 8.05. The Balaban J connectivity index is 1.78. The van der Waals surface area contributed by atoms with E-state index in [1.807, 2.05) is 0 Å². The predicted octanol–water partition coefficient (Wildman–Crippen LogP) is 3.27. The van der Waals surface area contributed by atoms with Gasteiger partial charge in [0.2, 0.25) is 0 Å². The zero-order chi connectivity index (χ0) is 14.7. The molecule has 1 atom stereocenters. The number of amides is 1. The summed E-state index contributed by atoms with van der Waals surface area (Å²) >= 11 is 0. The van der Waals surface area contributed by atoms with Gasteiger partial charge in [0.1, 0.15) is 0 Å². The van der Waals surface area contributed by atoms with Crippen LogP contribution in [0.3, 0.4) is 0 Å². The van der Waals surface area contributed by atoms with Gasteiger partial charge < -0.3 is 15.3 Å². The van der Waals surface area contributed by atoms with Crippen LogP contribution in [0.4, 0.5) is 10.5 Å². The van der Waals surface area contributed by atoms with E-state index in [2.05, 4.69) is 34.5 Å². The standard InChI is InChI=1S/C17H24N2O2/c20-17(21)18-11-13-10-14-6-4-5-9-16(14)19(12-13)15-7-2-1-3-8-15/h4-6,9,13,15,18H,1-3,7-8,10-12H2,(H,20,21). The Bertz CT molecular complexity index is 497. The Morgan fingerprint density at radius 3 is 2.76 bits per heavy atom. The third-order valence-corrected chi connectivity index (χ3v) is 4.82. The largest absolute Gasteiger partial charge is 0.465 e. The second kappa shape index (κ2) is 6.37. The Morgan fingerprint density at radius 1 is 1.24 bits per heavy atom. The summed E-state index contributed by atoms with van der Waals surface area (Å²) in [6.07, 6.45) is 6.59. The van der Waals surface area contributed by atoms with E-state index < -0.39 is 6.09 Å². The maximum absolute atomic E-state index is 10.7. The van der Waals surface area contributed by atoms with Crippen LogP contribution in [0.25, 0.3) is 0 Å². The monoisotopic (exact) mass is 288 g/mol. The van der Waals surface area contributed by atoms with Crippen LogP contribution < -0.4 is 10.2 Å². The minimum Gasteiger partial charge on any atom is -0.465 e. The van der Waals surface area contributed by atoms with Crippen molar-refractivity contribution in [2.45, 2.75) is 44.6 Å². The molecular formula is C17H24N2O2. The first-order valence-corrected chi connectivity index (χ1v) is 8.05. The fourth-order valence-corrected chi connectivity index (χ4v) is 3.82. The highest BCUT2D eigenvalue weighted by Crippen LogP contribution is 2.35. The molecule has 21 heavy (non-hydrogen) atoms. The number of para-hydroxylation sites is 1. The molecule has 4 heteroatoms. The number of fused-ring (bicyclic) bond motifs is 1. The molecule has 4 nitrogen and oxygen atoms in total. The second-order valence-electron chi connectivity index (χ2n) is 6.33. The summed E-state index contributed by atoms with van der Waals surface area (Å²) in [5.41, 5.74) is 2.74. The molecule has 1 aliphatic heterocycles. The van der Waals surface area contributed by atoms with E-state index in [-0.39, 0.29) is 0 Å². The maximum atomic E-state index is 10.7. The van der Waals surface area contributed by atoms with Gasteiger partial charge in [-0.15, -0.1) is 0 Å². The summed E-state index contributed by atoms with van der Waals surface area (Å²) in [5, 5.41) is 11.4. The van der Waals surface area contributed by atoms with Crippen molar-refractivity contribution in [2.75, 3.05) is 18.0 Å². The average Bonchev–Trinajstić information content (AvgIpc) is 2.53. The van der Waals surface area contributed by atoms with Gasteiger partial charge in [-0.3, -0.25) is 0 Å². The molecule has 0 radical (unpaired) electrons. The maximum Gasteiger partial charge on any atom is 0.404 e.